The Hall–Kier alpha value is -2.27. The summed E-state index contributed by atoms with van der Waals surface area (Å²) in [6.45, 7) is 1.93. The molecule has 5 nitrogen and oxygen atoms in total. The van der Waals surface area contributed by atoms with Crippen molar-refractivity contribution in [1.29, 1.82) is 0 Å². The Bertz CT molecular complexity index is 599. The van der Waals surface area contributed by atoms with Gasteiger partial charge in [-0.05, 0) is 13.0 Å². The summed E-state index contributed by atoms with van der Waals surface area (Å²) < 4.78 is 16.3. The minimum Gasteiger partial charge on any atom is -0.493 e. The van der Waals surface area contributed by atoms with Gasteiger partial charge in [-0.1, -0.05) is 18.2 Å². The second-order valence-electron chi connectivity index (χ2n) is 4.50. The van der Waals surface area contributed by atoms with Gasteiger partial charge in [0.2, 0.25) is 0 Å². The maximum atomic E-state index is 9.74. The first-order valence-electron chi connectivity index (χ1n) is 6.63. The van der Waals surface area contributed by atoms with E-state index in [1.165, 1.54) is 0 Å². The van der Waals surface area contributed by atoms with Crippen LogP contribution in [-0.4, -0.2) is 24.3 Å². The third kappa shape index (κ3) is 3.44. The lowest BCUT2D eigenvalue weighted by Crippen LogP contribution is -2.05. The standard InChI is InChI=1S/C16H19NO4/c1-11(18)12-6-4-5-7-14(12)21-10-13-16(20-3)15(19-2)8-9-17-13/h4-9,11,18H,10H2,1-3H3/t11-/m1/s1. The third-order valence-corrected chi connectivity index (χ3v) is 3.10. The van der Waals surface area contributed by atoms with Crippen LogP contribution in [0, 0.1) is 0 Å². The van der Waals surface area contributed by atoms with Crippen LogP contribution >= 0.6 is 0 Å². The van der Waals surface area contributed by atoms with E-state index in [9.17, 15) is 5.11 Å². The number of hydrogen-bond acceptors (Lipinski definition) is 5. The molecule has 0 aliphatic rings. The number of methoxy groups -OCH3 is 2. The molecule has 0 spiro atoms. The van der Waals surface area contributed by atoms with Gasteiger partial charge < -0.3 is 19.3 Å². The number of ether oxygens (including phenoxy) is 3. The Morgan fingerprint density at radius 1 is 1.10 bits per heavy atom. The van der Waals surface area contributed by atoms with Crippen molar-refractivity contribution < 1.29 is 19.3 Å². The molecular formula is C16H19NO4. The fourth-order valence-electron chi connectivity index (χ4n) is 2.06. The number of aliphatic hydroxyl groups excluding tert-OH is 1. The monoisotopic (exact) mass is 289 g/mol. The topological polar surface area (TPSA) is 60.8 Å². The van der Waals surface area contributed by atoms with E-state index < -0.39 is 6.10 Å². The molecule has 5 heteroatoms. The van der Waals surface area contributed by atoms with Crippen molar-refractivity contribution in [2.75, 3.05) is 14.2 Å². The Morgan fingerprint density at radius 3 is 2.52 bits per heavy atom. The fourth-order valence-corrected chi connectivity index (χ4v) is 2.06. The smallest absolute Gasteiger partial charge is 0.185 e. The molecule has 112 valence electrons. The second kappa shape index (κ2) is 6.95. The summed E-state index contributed by atoms with van der Waals surface area (Å²) in [6, 6.07) is 9.09. The van der Waals surface area contributed by atoms with Gasteiger partial charge in [0.15, 0.2) is 11.5 Å². The molecule has 0 fully saturated rings. The minimum absolute atomic E-state index is 0.226. The second-order valence-corrected chi connectivity index (χ2v) is 4.50. The first kappa shape index (κ1) is 15.1. The average molecular weight is 289 g/mol. The number of rotatable bonds is 6. The van der Waals surface area contributed by atoms with Crippen LogP contribution < -0.4 is 14.2 Å². The maximum absolute atomic E-state index is 9.74. The van der Waals surface area contributed by atoms with Crippen LogP contribution in [0.2, 0.25) is 0 Å². The highest BCUT2D eigenvalue weighted by atomic mass is 16.5. The molecule has 0 saturated carbocycles. The number of aromatic nitrogens is 1. The summed E-state index contributed by atoms with van der Waals surface area (Å²) in [4.78, 5) is 4.26. The highest BCUT2D eigenvalue weighted by molar-refractivity contribution is 5.43. The molecule has 0 bridgehead atoms. The third-order valence-electron chi connectivity index (χ3n) is 3.10. The number of hydrogen-bond donors (Lipinski definition) is 1. The predicted molar refractivity (Wildman–Crippen MR) is 78.7 cm³/mol. The van der Waals surface area contributed by atoms with Crippen LogP contribution in [0.5, 0.6) is 17.2 Å². The zero-order chi connectivity index (χ0) is 15.2. The van der Waals surface area contributed by atoms with Crippen molar-refractivity contribution in [2.24, 2.45) is 0 Å². The van der Waals surface area contributed by atoms with E-state index in [0.29, 0.717) is 22.9 Å². The summed E-state index contributed by atoms with van der Waals surface area (Å²) in [5, 5.41) is 9.74. The highest BCUT2D eigenvalue weighted by Crippen LogP contribution is 2.31. The van der Waals surface area contributed by atoms with E-state index in [4.69, 9.17) is 14.2 Å². The number of nitrogens with zero attached hydrogens (tertiary/aromatic N) is 1. The Balaban J connectivity index is 2.21. The zero-order valence-electron chi connectivity index (χ0n) is 12.4. The van der Waals surface area contributed by atoms with Crippen LogP contribution in [0.25, 0.3) is 0 Å². The summed E-state index contributed by atoms with van der Waals surface area (Å²) in [5.74, 6) is 1.78. The molecule has 1 atom stereocenters. The molecule has 2 aromatic rings. The SMILES string of the molecule is COc1ccnc(COc2ccccc2[C@@H](C)O)c1OC. The Morgan fingerprint density at radius 2 is 1.86 bits per heavy atom. The zero-order valence-corrected chi connectivity index (χ0v) is 12.4. The number of para-hydroxylation sites is 1. The van der Waals surface area contributed by atoms with Crippen molar-refractivity contribution in [3.8, 4) is 17.2 Å². The molecule has 21 heavy (non-hydrogen) atoms. The van der Waals surface area contributed by atoms with E-state index in [-0.39, 0.29) is 6.61 Å². The Kier molecular flexibility index (Phi) is 5.00. The van der Waals surface area contributed by atoms with Crippen LogP contribution in [0.4, 0.5) is 0 Å². The molecule has 1 N–H and O–H groups in total. The average Bonchev–Trinajstić information content (AvgIpc) is 2.52. The molecular weight excluding hydrogens is 270 g/mol. The first-order valence-corrected chi connectivity index (χ1v) is 6.63. The molecule has 0 aliphatic heterocycles. The maximum Gasteiger partial charge on any atom is 0.185 e. The highest BCUT2D eigenvalue weighted by Gasteiger charge is 2.13. The van der Waals surface area contributed by atoms with Crippen molar-refractivity contribution in [1.82, 2.24) is 4.98 Å². The minimum atomic E-state index is -0.596. The number of benzene rings is 1. The molecule has 2 rings (SSSR count). The molecule has 0 aliphatic carbocycles. The van der Waals surface area contributed by atoms with E-state index in [1.807, 2.05) is 24.3 Å². The van der Waals surface area contributed by atoms with Crippen molar-refractivity contribution in [3.63, 3.8) is 0 Å². The van der Waals surface area contributed by atoms with Gasteiger partial charge in [0, 0.05) is 17.8 Å². The first-order chi connectivity index (χ1) is 10.2. The van der Waals surface area contributed by atoms with Crippen LogP contribution in [-0.2, 0) is 6.61 Å². The van der Waals surface area contributed by atoms with E-state index >= 15 is 0 Å². The van der Waals surface area contributed by atoms with Gasteiger partial charge in [0.25, 0.3) is 0 Å². The van der Waals surface area contributed by atoms with Gasteiger partial charge in [-0.2, -0.15) is 0 Å². The van der Waals surface area contributed by atoms with Gasteiger partial charge >= 0.3 is 0 Å². The molecule has 1 aromatic heterocycles. The molecule has 1 aromatic carbocycles. The molecule has 0 amide bonds. The molecule has 0 saturated heterocycles. The van der Waals surface area contributed by atoms with Crippen LogP contribution in [0.3, 0.4) is 0 Å². The number of aliphatic hydroxyl groups is 1. The lowest BCUT2D eigenvalue weighted by molar-refractivity contribution is 0.189. The molecule has 0 radical (unpaired) electrons. The van der Waals surface area contributed by atoms with Gasteiger partial charge in [-0.3, -0.25) is 4.98 Å². The molecule has 1 heterocycles. The van der Waals surface area contributed by atoms with E-state index in [0.717, 1.165) is 5.56 Å². The lowest BCUT2D eigenvalue weighted by atomic mass is 10.1. The fraction of sp³-hybridized carbons (Fsp3) is 0.312. The van der Waals surface area contributed by atoms with E-state index in [2.05, 4.69) is 4.98 Å². The van der Waals surface area contributed by atoms with Crippen LogP contribution in [0.1, 0.15) is 24.3 Å². The van der Waals surface area contributed by atoms with Crippen molar-refractivity contribution >= 4 is 0 Å². The van der Waals surface area contributed by atoms with Crippen LogP contribution in [0.15, 0.2) is 36.5 Å². The summed E-state index contributed by atoms with van der Waals surface area (Å²) in [5.41, 5.74) is 1.37. The quantitative estimate of drug-likeness (QED) is 0.886. The lowest BCUT2D eigenvalue weighted by Gasteiger charge is -2.15. The summed E-state index contributed by atoms with van der Waals surface area (Å²) in [6.07, 6.45) is 1.04. The largest absolute Gasteiger partial charge is 0.493 e. The van der Waals surface area contributed by atoms with Gasteiger partial charge in [-0.25, -0.2) is 0 Å². The van der Waals surface area contributed by atoms with Gasteiger partial charge in [-0.15, -0.1) is 0 Å². The van der Waals surface area contributed by atoms with Gasteiger partial charge in [0.1, 0.15) is 18.1 Å². The van der Waals surface area contributed by atoms with Gasteiger partial charge in [0.05, 0.1) is 20.3 Å². The Labute approximate surface area is 124 Å². The van der Waals surface area contributed by atoms with Crippen molar-refractivity contribution in [3.05, 3.63) is 47.8 Å². The van der Waals surface area contributed by atoms with E-state index in [1.54, 1.807) is 33.4 Å². The van der Waals surface area contributed by atoms with Crippen molar-refractivity contribution in [2.45, 2.75) is 19.6 Å². The summed E-state index contributed by atoms with van der Waals surface area (Å²) in [7, 11) is 3.14. The summed E-state index contributed by atoms with van der Waals surface area (Å²) >= 11 is 0. The molecule has 0 unspecified atom stereocenters. The normalized spacial score (nSPS) is 11.8. The number of pyridine rings is 1. The predicted octanol–water partition coefficient (Wildman–Crippen LogP) is 2.73.